The molecule has 0 atom stereocenters. The maximum Gasteiger partial charge on any atom is 0.343 e. The van der Waals surface area contributed by atoms with Crippen molar-refractivity contribution in [3.05, 3.63) is 34.2 Å². The number of H-pyrrole nitrogens is 1. The summed E-state index contributed by atoms with van der Waals surface area (Å²) >= 11 is 1.42. The van der Waals surface area contributed by atoms with Crippen molar-refractivity contribution < 1.29 is 5.11 Å². The second kappa shape index (κ2) is 4.54. The SMILES string of the molecule is Cn1c(SCc2ccc(O)c(N)c2)n[nH]c1=O. The van der Waals surface area contributed by atoms with E-state index >= 15 is 0 Å². The zero-order valence-corrected chi connectivity index (χ0v) is 9.99. The molecule has 4 N–H and O–H groups in total. The number of rotatable bonds is 3. The number of phenols is 1. The molecule has 0 bridgehead atoms. The van der Waals surface area contributed by atoms with Gasteiger partial charge < -0.3 is 10.8 Å². The van der Waals surface area contributed by atoms with E-state index in [0.717, 1.165) is 5.56 Å². The van der Waals surface area contributed by atoms with Crippen LogP contribution in [0.15, 0.2) is 28.2 Å². The van der Waals surface area contributed by atoms with Gasteiger partial charge in [-0.25, -0.2) is 9.89 Å². The minimum Gasteiger partial charge on any atom is -0.506 e. The molecule has 1 aromatic heterocycles. The molecule has 0 aliphatic carbocycles. The molecule has 0 fully saturated rings. The minimum atomic E-state index is -0.238. The molecule has 1 aromatic carbocycles. The van der Waals surface area contributed by atoms with Crippen molar-refractivity contribution in [1.29, 1.82) is 0 Å². The van der Waals surface area contributed by atoms with Gasteiger partial charge in [0, 0.05) is 12.8 Å². The Morgan fingerprint density at radius 1 is 1.59 bits per heavy atom. The first-order valence-corrected chi connectivity index (χ1v) is 5.88. The van der Waals surface area contributed by atoms with Crippen LogP contribution in [0.3, 0.4) is 0 Å². The highest BCUT2D eigenvalue weighted by molar-refractivity contribution is 7.98. The molecule has 0 unspecified atom stereocenters. The van der Waals surface area contributed by atoms with Gasteiger partial charge in [-0.15, -0.1) is 5.10 Å². The van der Waals surface area contributed by atoms with Crippen LogP contribution in [-0.2, 0) is 12.8 Å². The molecule has 2 rings (SSSR count). The number of aromatic hydroxyl groups is 1. The number of phenolic OH excluding ortho intramolecular Hbond substituents is 1. The first-order valence-electron chi connectivity index (χ1n) is 4.89. The van der Waals surface area contributed by atoms with Crippen molar-refractivity contribution in [3.63, 3.8) is 0 Å². The first-order chi connectivity index (χ1) is 8.08. The van der Waals surface area contributed by atoms with E-state index in [2.05, 4.69) is 10.2 Å². The average Bonchev–Trinajstić information content (AvgIpc) is 2.62. The van der Waals surface area contributed by atoms with E-state index in [-0.39, 0.29) is 11.4 Å². The Morgan fingerprint density at radius 2 is 2.35 bits per heavy atom. The summed E-state index contributed by atoms with van der Waals surface area (Å²) in [4.78, 5) is 11.1. The van der Waals surface area contributed by atoms with E-state index < -0.39 is 0 Å². The van der Waals surface area contributed by atoms with Gasteiger partial charge >= 0.3 is 5.69 Å². The zero-order valence-electron chi connectivity index (χ0n) is 9.17. The Bertz CT molecular complexity index is 590. The van der Waals surface area contributed by atoms with Crippen LogP contribution in [0.1, 0.15) is 5.56 Å². The van der Waals surface area contributed by atoms with E-state index in [1.54, 1.807) is 25.2 Å². The molecule has 0 aliphatic heterocycles. The summed E-state index contributed by atoms with van der Waals surface area (Å²) in [5.74, 6) is 0.703. The van der Waals surface area contributed by atoms with Crippen LogP contribution in [0.4, 0.5) is 5.69 Å². The summed E-state index contributed by atoms with van der Waals surface area (Å²) in [7, 11) is 1.65. The van der Waals surface area contributed by atoms with Crippen LogP contribution in [0.2, 0.25) is 0 Å². The van der Waals surface area contributed by atoms with E-state index in [4.69, 9.17) is 5.73 Å². The molecule has 90 valence electrons. The number of nitrogen functional groups attached to an aromatic ring is 1. The number of nitrogens with two attached hydrogens (primary N) is 1. The Morgan fingerprint density at radius 3 is 2.94 bits per heavy atom. The maximum absolute atomic E-state index is 11.1. The highest BCUT2D eigenvalue weighted by Crippen LogP contribution is 2.25. The number of benzene rings is 1. The second-order valence-electron chi connectivity index (χ2n) is 3.55. The third-order valence-electron chi connectivity index (χ3n) is 2.30. The molecule has 0 saturated carbocycles. The lowest BCUT2D eigenvalue weighted by atomic mass is 10.2. The number of hydrogen-bond acceptors (Lipinski definition) is 5. The van der Waals surface area contributed by atoms with Crippen molar-refractivity contribution in [2.45, 2.75) is 10.9 Å². The fraction of sp³-hybridized carbons (Fsp3) is 0.200. The second-order valence-corrected chi connectivity index (χ2v) is 4.49. The van der Waals surface area contributed by atoms with Gasteiger partial charge in [-0.2, -0.15) is 0 Å². The highest BCUT2D eigenvalue weighted by Gasteiger charge is 2.06. The number of aromatic nitrogens is 3. The number of anilines is 1. The summed E-state index contributed by atoms with van der Waals surface area (Å²) in [6.07, 6.45) is 0. The Kier molecular flexibility index (Phi) is 3.10. The third kappa shape index (κ3) is 2.44. The minimum absolute atomic E-state index is 0.0749. The number of nitrogens with one attached hydrogen (secondary N) is 1. The summed E-state index contributed by atoms with van der Waals surface area (Å²) in [6.45, 7) is 0. The van der Waals surface area contributed by atoms with Crippen molar-refractivity contribution >= 4 is 17.4 Å². The number of hydrogen-bond donors (Lipinski definition) is 3. The van der Waals surface area contributed by atoms with Crippen LogP contribution < -0.4 is 11.4 Å². The van der Waals surface area contributed by atoms with Crippen LogP contribution in [0, 0.1) is 0 Å². The molecule has 0 radical (unpaired) electrons. The van der Waals surface area contributed by atoms with Gasteiger partial charge in [0.1, 0.15) is 5.75 Å². The lowest BCUT2D eigenvalue weighted by Gasteiger charge is -2.03. The first kappa shape index (κ1) is 11.6. The molecule has 2 aromatic rings. The molecule has 0 aliphatic rings. The lowest BCUT2D eigenvalue weighted by molar-refractivity contribution is 0.478. The Balaban J connectivity index is 2.10. The van der Waals surface area contributed by atoms with Crippen LogP contribution in [0.5, 0.6) is 5.75 Å². The summed E-state index contributed by atoms with van der Waals surface area (Å²) < 4.78 is 1.44. The fourth-order valence-electron chi connectivity index (χ4n) is 1.30. The van der Waals surface area contributed by atoms with Crippen molar-refractivity contribution in [2.75, 3.05) is 5.73 Å². The van der Waals surface area contributed by atoms with Gasteiger partial charge in [0.2, 0.25) is 0 Å². The van der Waals surface area contributed by atoms with Gasteiger partial charge in [-0.3, -0.25) is 4.57 Å². The highest BCUT2D eigenvalue weighted by atomic mass is 32.2. The van der Waals surface area contributed by atoms with Crippen molar-refractivity contribution in [3.8, 4) is 5.75 Å². The maximum atomic E-state index is 11.1. The predicted octanol–water partition coefficient (Wildman–Crippen LogP) is 0.689. The van der Waals surface area contributed by atoms with E-state index in [0.29, 0.717) is 16.6 Å². The van der Waals surface area contributed by atoms with Gasteiger partial charge in [-0.05, 0) is 17.7 Å². The number of aromatic amines is 1. The van der Waals surface area contributed by atoms with Gasteiger partial charge in [0.25, 0.3) is 0 Å². The largest absolute Gasteiger partial charge is 0.506 e. The molecule has 1 heterocycles. The molecule has 7 heteroatoms. The third-order valence-corrected chi connectivity index (χ3v) is 3.40. The van der Waals surface area contributed by atoms with Crippen LogP contribution in [0.25, 0.3) is 0 Å². The standard InChI is InChI=1S/C10H12N4O2S/c1-14-9(16)12-13-10(14)17-5-6-2-3-8(15)7(11)4-6/h2-4,15H,5,11H2,1H3,(H,12,16). The Hall–Kier alpha value is -1.89. The van der Waals surface area contributed by atoms with Gasteiger partial charge in [-0.1, -0.05) is 17.8 Å². The van der Waals surface area contributed by atoms with E-state index in [9.17, 15) is 9.90 Å². The molecular weight excluding hydrogens is 240 g/mol. The molecule has 17 heavy (non-hydrogen) atoms. The van der Waals surface area contributed by atoms with Crippen LogP contribution >= 0.6 is 11.8 Å². The monoisotopic (exact) mass is 252 g/mol. The van der Waals surface area contributed by atoms with E-state index in [1.807, 2.05) is 0 Å². The Labute approximate surface area is 101 Å². The van der Waals surface area contributed by atoms with Gasteiger partial charge in [0.15, 0.2) is 5.16 Å². The molecule has 6 nitrogen and oxygen atoms in total. The average molecular weight is 252 g/mol. The quantitative estimate of drug-likeness (QED) is 0.424. The van der Waals surface area contributed by atoms with Crippen LogP contribution in [-0.4, -0.2) is 19.9 Å². The fourth-order valence-corrected chi connectivity index (χ4v) is 2.17. The topological polar surface area (TPSA) is 96.9 Å². The summed E-state index contributed by atoms with van der Waals surface area (Å²) in [5, 5.41) is 16.1. The predicted molar refractivity (Wildman–Crippen MR) is 65.9 cm³/mol. The summed E-state index contributed by atoms with van der Waals surface area (Å²) in [6, 6.07) is 5.03. The normalized spacial score (nSPS) is 10.6. The van der Waals surface area contributed by atoms with Crippen molar-refractivity contribution in [2.24, 2.45) is 7.05 Å². The number of nitrogens with zero attached hydrogens (tertiary/aromatic N) is 2. The van der Waals surface area contributed by atoms with Gasteiger partial charge in [0.05, 0.1) is 5.69 Å². The number of thioether (sulfide) groups is 1. The summed E-state index contributed by atoms with van der Waals surface area (Å²) in [5.41, 5.74) is 6.65. The zero-order chi connectivity index (χ0) is 12.4. The molecular formula is C10H12N4O2S. The van der Waals surface area contributed by atoms with Crippen molar-refractivity contribution in [1.82, 2.24) is 14.8 Å². The molecule has 0 saturated heterocycles. The molecule has 0 spiro atoms. The van der Waals surface area contributed by atoms with E-state index in [1.165, 1.54) is 16.3 Å². The lowest BCUT2D eigenvalue weighted by Crippen LogP contribution is -2.12. The molecule has 0 amide bonds. The smallest absolute Gasteiger partial charge is 0.343 e.